The van der Waals surface area contributed by atoms with Crippen LogP contribution in [0.25, 0.3) is 5.69 Å². The maximum absolute atomic E-state index is 13.4. The highest BCUT2D eigenvalue weighted by molar-refractivity contribution is 6.35. The van der Waals surface area contributed by atoms with E-state index in [1.54, 1.807) is 42.5 Å². The minimum absolute atomic E-state index is 0.223. The monoisotopic (exact) mass is 455 g/mol. The molecule has 0 aliphatic rings. The van der Waals surface area contributed by atoms with E-state index >= 15 is 0 Å². The van der Waals surface area contributed by atoms with Crippen LogP contribution in [0.2, 0.25) is 10.0 Å². The Morgan fingerprint density at radius 2 is 1.87 bits per heavy atom. The van der Waals surface area contributed by atoms with Gasteiger partial charge >= 0.3 is 0 Å². The molecule has 0 spiro atoms. The van der Waals surface area contributed by atoms with Crippen molar-refractivity contribution in [1.29, 1.82) is 0 Å². The lowest BCUT2D eigenvalue weighted by Gasteiger charge is -2.17. The van der Waals surface area contributed by atoms with E-state index in [0.717, 1.165) is 0 Å². The minimum atomic E-state index is -0.223. The molecule has 3 rings (SSSR count). The van der Waals surface area contributed by atoms with Crippen LogP contribution in [-0.4, -0.2) is 46.1 Å². The van der Waals surface area contributed by atoms with Crippen molar-refractivity contribution in [3.8, 4) is 18.0 Å². The summed E-state index contributed by atoms with van der Waals surface area (Å²) in [6.45, 7) is 1.64. The third-order valence-corrected chi connectivity index (χ3v) is 5.11. The number of halogens is 2. The largest absolute Gasteiger partial charge is 0.309 e. The Labute approximate surface area is 192 Å². The molecule has 31 heavy (non-hydrogen) atoms. The Balaban J connectivity index is 2.11. The second kappa shape index (κ2) is 10.6. The van der Waals surface area contributed by atoms with Gasteiger partial charge in [0.1, 0.15) is 0 Å². The zero-order valence-corrected chi connectivity index (χ0v) is 18.9. The summed E-state index contributed by atoms with van der Waals surface area (Å²) in [7, 11) is 3.89. The Bertz CT molecular complexity index is 1120. The van der Waals surface area contributed by atoms with Gasteiger partial charge in [-0.15, -0.1) is 22.5 Å². The lowest BCUT2D eigenvalue weighted by molar-refractivity contribution is 0.103. The molecular weight excluding hydrogens is 433 g/mol. The fourth-order valence-corrected chi connectivity index (χ4v) is 3.56. The molecule has 0 bridgehead atoms. The van der Waals surface area contributed by atoms with E-state index in [2.05, 4.69) is 21.4 Å². The molecule has 0 radical (unpaired) electrons. The van der Waals surface area contributed by atoms with Gasteiger partial charge in [-0.05, 0) is 44.4 Å². The molecule has 2 aromatic carbocycles. The van der Waals surface area contributed by atoms with E-state index in [1.165, 1.54) is 0 Å². The highest BCUT2D eigenvalue weighted by atomic mass is 35.5. The van der Waals surface area contributed by atoms with Gasteiger partial charge in [-0.3, -0.25) is 9.36 Å². The summed E-state index contributed by atoms with van der Waals surface area (Å²) in [4.78, 5) is 15.4. The van der Waals surface area contributed by atoms with Gasteiger partial charge in [-0.1, -0.05) is 35.3 Å². The van der Waals surface area contributed by atoms with Crippen molar-refractivity contribution >= 4 is 29.0 Å². The molecule has 6 nitrogen and oxygen atoms in total. The number of carbonyl (C=O) groups excluding carboxylic acids is 1. The first-order valence-electron chi connectivity index (χ1n) is 9.73. The second-order valence-corrected chi connectivity index (χ2v) is 8.05. The predicted molar refractivity (Wildman–Crippen MR) is 124 cm³/mol. The number of terminal acetylenes is 1. The molecule has 160 valence electrons. The van der Waals surface area contributed by atoms with E-state index in [4.69, 9.17) is 29.6 Å². The van der Waals surface area contributed by atoms with Gasteiger partial charge in [-0.25, -0.2) is 0 Å². The van der Waals surface area contributed by atoms with Gasteiger partial charge in [0.2, 0.25) is 0 Å². The highest BCUT2D eigenvalue weighted by Gasteiger charge is 2.22. The molecule has 0 saturated carbocycles. The molecule has 0 unspecified atom stereocenters. The van der Waals surface area contributed by atoms with Crippen molar-refractivity contribution < 1.29 is 4.79 Å². The maximum Gasteiger partial charge on any atom is 0.196 e. The zero-order chi connectivity index (χ0) is 22.4. The first kappa shape index (κ1) is 23.0. The Kier molecular flexibility index (Phi) is 7.83. The standard InChI is InChI=1S/C23H23Cl2N5O/c1-4-5-12-26-14-21-27-28-22(15-29(2)3)30(21)20-11-10-16(24)13-18(20)23(31)17-8-6-7-9-19(17)25/h1,6-11,13,26H,5,12,14-15H2,2-3H3. The number of aromatic nitrogens is 3. The van der Waals surface area contributed by atoms with Gasteiger partial charge in [0.25, 0.3) is 0 Å². The highest BCUT2D eigenvalue weighted by Crippen LogP contribution is 2.27. The van der Waals surface area contributed by atoms with Gasteiger partial charge in [-0.2, -0.15) is 0 Å². The maximum atomic E-state index is 13.4. The Hall–Kier alpha value is -2.69. The molecule has 0 saturated heterocycles. The fraction of sp³-hybridized carbons (Fsp3) is 0.261. The lowest BCUT2D eigenvalue weighted by atomic mass is 10.0. The van der Waals surface area contributed by atoms with Crippen LogP contribution in [0.15, 0.2) is 42.5 Å². The summed E-state index contributed by atoms with van der Waals surface area (Å²) in [5.74, 6) is 3.75. The molecule has 0 aliphatic carbocycles. The number of nitrogens with one attached hydrogen (secondary N) is 1. The van der Waals surface area contributed by atoms with Crippen molar-refractivity contribution in [2.75, 3.05) is 20.6 Å². The Morgan fingerprint density at radius 1 is 1.13 bits per heavy atom. The summed E-state index contributed by atoms with van der Waals surface area (Å²) >= 11 is 12.6. The first-order valence-corrected chi connectivity index (χ1v) is 10.5. The summed E-state index contributed by atoms with van der Waals surface area (Å²) in [5.41, 5.74) is 1.47. The minimum Gasteiger partial charge on any atom is -0.309 e. The first-order chi connectivity index (χ1) is 14.9. The van der Waals surface area contributed by atoms with Crippen molar-refractivity contribution in [2.24, 2.45) is 0 Å². The molecule has 8 heteroatoms. The molecular formula is C23H23Cl2N5O. The van der Waals surface area contributed by atoms with Crippen molar-refractivity contribution in [1.82, 2.24) is 25.0 Å². The molecule has 1 aromatic heterocycles. The van der Waals surface area contributed by atoms with Gasteiger partial charge in [0.05, 0.1) is 23.8 Å². The quantitative estimate of drug-likeness (QED) is 0.300. The topological polar surface area (TPSA) is 63.1 Å². The summed E-state index contributed by atoms with van der Waals surface area (Å²) in [6.07, 6.45) is 5.94. The third kappa shape index (κ3) is 5.52. The fourth-order valence-electron chi connectivity index (χ4n) is 3.17. The zero-order valence-electron chi connectivity index (χ0n) is 17.4. The average molecular weight is 456 g/mol. The molecule has 0 aliphatic heterocycles. The summed E-state index contributed by atoms with van der Waals surface area (Å²) in [5, 5.41) is 12.8. The molecule has 0 amide bonds. The predicted octanol–water partition coefficient (Wildman–Crippen LogP) is 3.98. The van der Waals surface area contributed by atoms with Crippen LogP contribution in [0, 0.1) is 12.3 Å². The number of ketones is 1. The third-order valence-electron chi connectivity index (χ3n) is 4.55. The molecule has 1 heterocycles. The van der Waals surface area contributed by atoms with Crippen LogP contribution in [0.3, 0.4) is 0 Å². The number of hydrogen-bond donors (Lipinski definition) is 1. The smallest absolute Gasteiger partial charge is 0.196 e. The molecule has 0 fully saturated rings. The normalized spacial score (nSPS) is 11.0. The lowest BCUT2D eigenvalue weighted by Crippen LogP contribution is -2.21. The number of nitrogens with zero attached hydrogens (tertiary/aromatic N) is 4. The second-order valence-electron chi connectivity index (χ2n) is 7.21. The van der Waals surface area contributed by atoms with Crippen LogP contribution in [0.1, 0.15) is 34.0 Å². The average Bonchev–Trinajstić information content (AvgIpc) is 3.12. The Morgan fingerprint density at radius 3 is 2.58 bits per heavy atom. The molecule has 1 N–H and O–H groups in total. The van der Waals surface area contributed by atoms with Gasteiger partial charge < -0.3 is 10.2 Å². The molecule has 0 atom stereocenters. The number of hydrogen-bond acceptors (Lipinski definition) is 5. The van der Waals surface area contributed by atoms with Crippen LogP contribution < -0.4 is 5.32 Å². The number of benzene rings is 2. The van der Waals surface area contributed by atoms with Crippen molar-refractivity contribution in [3.63, 3.8) is 0 Å². The summed E-state index contributed by atoms with van der Waals surface area (Å²) in [6, 6.07) is 12.2. The van der Waals surface area contributed by atoms with E-state index < -0.39 is 0 Å². The van der Waals surface area contributed by atoms with E-state index in [0.29, 0.717) is 64.6 Å². The number of carbonyl (C=O) groups is 1. The SMILES string of the molecule is C#CCCNCc1nnc(CN(C)C)n1-c1ccc(Cl)cc1C(=O)c1ccccc1Cl. The summed E-state index contributed by atoms with van der Waals surface area (Å²) < 4.78 is 1.89. The van der Waals surface area contributed by atoms with Crippen molar-refractivity contribution in [2.45, 2.75) is 19.5 Å². The van der Waals surface area contributed by atoms with E-state index in [9.17, 15) is 4.79 Å². The molecule has 3 aromatic rings. The van der Waals surface area contributed by atoms with Crippen LogP contribution in [0.5, 0.6) is 0 Å². The number of rotatable bonds is 9. The van der Waals surface area contributed by atoms with Crippen molar-refractivity contribution in [3.05, 3.63) is 75.3 Å². The van der Waals surface area contributed by atoms with Gasteiger partial charge in [0.15, 0.2) is 17.4 Å². The van der Waals surface area contributed by atoms with E-state index in [-0.39, 0.29) is 5.78 Å². The van der Waals surface area contributed by atoms with Crippen LogP contribution in [0.4, 0.5) is 0 Å². The van der Waals surface area contributed by atoms with Crippen LogP contribution >= 0.6 is 23.2 Å². The van der Waals surface area contributed by atoms with E-state index in [1.807, 2.05) is 23.6 Å². The van der Waals surface area contributed by atoms with Crippen LogP contribution in [-0.2, 0) is 13.1 Å². The van der Waals surface area contributed by atoms with Gasteiger partial charge in [0, 0.05) is 29.1 Å².